The Morgan fingerprint density at radius 1 is 0.804 bits per heavy atom. The number of thiazole rings is 1. The average Bonchev–Trinajstić information content (AvgIpc) is 3.78. The first kappa shape index (κ1) is 35.2. The highest BCUT2D eigenvalue weighted by molar-refractivity contribution is 8.03. The van der Waals surface area contributed by atoms with E-state index in [0.29, 0.717) is 0 Å². The predicted octanol–water partition coefficient (Wildman–Crippen LogP) is 12.1. The minimum absolute atomic E-state index is 0.611. The summed E-state index contributed by atoms with van der Waals surface area (Å²) in [4.78, 5) is 7.39. The molecule has 0 N–H and O–H groups in total. The van der Waals surface area contributed by atoms with E-state index in [4.69, 9.17) is 4.74 Å². The van der Waals surface area contributed by atoms with Gasteiger partial charge in [0, 0.05) is 48.4 Å². The molecule has 0 radical (unpaired) electrons. The van der Waals surface area contributed by atoms with Gasteiger partial charge in [-0.15, -0.1) is 19.7 Å². The summed E-state index contributed by atoms with van der Waals surface area (Å²) in [5, 5.41) is 1.87. The van der Waals surface area contributed by atoms with Crippen LogP contribution in [0.5, 0.6) is 0 Å². The summed E-state index contributed by atoms with van der Waals surface area (Å²) in [6.45, 7) is 16.9. The third-order valence-corrected chi connectivity index (χ3v) is 13.0. The first-order valence-corrected chi connectivity index (χ1v) is 20.3. The van der Waals surface area contributed by atoms with E-state index in [1.807, 2.05) is 41.3 Å². The van der Waals surface area contributed by atoms with Crippen molar-refractivity contribution in [2.75, 3.05) is 22.9 Å². The van der Waals surface area contributed by atoms with Crippen LogP contribution < -0.4 is 14.4 Å². The summed E-state index contributed by atoms with van der Waals surface area (Å²) < 4.78 is 11.1. The third-order valence-electron chi connectivity index (χ3n) is 9.51. The van der Waals surface area contributed by atoms with Crippen molar-refractivity contribution in [3.8, 4) is 0 Å². The van der Waals surface area contributed by atoms with E-state index in [-0.39, 0.29) is 0 Å². The van der Waals surface area contributed by atoms with E-state index in [9.17, 15) is 0 Å². The van der Waals surface area contributed by atoms with Crippen LogP contribution in [0, 0.1) is 0 Å². The lowest BCUT2D eigenvalue weighted by Gasteiger charge is -2.38. The molecule has 0 saturated heterocycles. The number of aromatic nitrogens is 1. The van der Waals surface area contributed by atoms with E-state index < -0.39 is 5.06 Å². The van der Waals surface area contributed by atoms with Crippen LogP contribution in [0.25, 0.3) is 16.3 Å². The molecule has 0 spiro atoms. The molecule has 3 aromatic carbocycles. The average molecular weight is 729 g/mol. The highest BCUT2D eigenvalue weighted by Crippen LogP contribution is 2.53. The van der Waals surface area contributed by atoms with E-state index in [2.05, 4.69) is 138 Å². The molecule has 0 bridgehead atoms. The van der Waals surface area contributed by atoms with E-state index in [0.717, 1.165) is 63.9 Å². The van der Waals surface area contributed by atoms with Gasteiger partial charge in [0.05, 0.1) is 16.4 Å². The lowest BCUT2D eigenvalue weighted by atomic mass is 9.92. The number of rotatable bonds is 14. The van der Waals surface area contributed by atoms with E-state index >= 15 is 0 Å². The first-order valence-electron chi connectivity index (χ1n) is 17.9. The van der Waals surface area contributed by atoms with Crippen LogP contribution in [-0.2, 0) is 11.3 Å². The molecule has 4 aromatic rings. The summed E-state index contributed by atoms with van der Waals surface area (Å²) in [6.07, 6.45) is 21.0. The van der Waals surface area contributed by atoms with Gasteiger partial charge < -0.3 is 14.5 Å². The van der Waals surface area contributed by atoms with Crippen LogP contribution in [0.15, 0.2) is 161 Å². The van der Waals surface area contributed by atoms with Gasteiger partial charge in [-0.3, -0.25) is 0 Å². The number of aryl methyl sites for hydroxylation is 1. The molecule has 3 aliphatic rings. The van der Waals surface area contributed by atoms with Crippen molar-refractivity contribution in [1.82, 2.24) is 0 Å². The quantitative estimate of drug-likeness (QED) is 0.0948. The fourth-order valence-electron chi connectivity index (χ4n) is 7.00. The summed E-state index contributed by atoms with van der Waals surface area (Å²) in [7, 11) is 0. The van der Waals surface area contributed by atoms with Gasteiger partial charge in [0.25, 0.3) is 5.01 Å². The SMILES string of the molecule is C=CCCN1/C(=C/C=C2\CCCC(/C=C/c3sc4ccccc4[n+]3CCC=C)=C2OC2(C)Sc3ccccc3N2CCC=C)Sc2ccccc21. The maximum absolute atomic E-state index is 7.40. The van der Waals surface area contributed by atoms with Gasteiger partial charge in [-0.05, 0) is 85.7 Å². The molecule has 1 aliphatic carbocycles. The molecular weight excluding hydrogens is 683 g/mol. The number of anilines is 2. The maximum Gasteiger partial charge on any atom is 0.262 e. The van der Waals surface area contributed by atoms with Crippen LogP contribution in [0.4, 0.5) is 11.4 Å². The molecule has 0 fully saturated rings. The third kappa shape index (κ3) is 7.43. The summed E-state index contributed by atoms with van der Waals surface area (Å²) in [5.41, 5.74) is 6.25. The monoisotopic (exact) mass is 728 g/mol. The second-order valence-electron chi connectivity index (χ2n) is 13.0. The van der Waals surface area contributed by atoms with Gasteiger partial charge in [0.2, 0.25) is 10.6 Å². The van der Waals surface area contributed by atoms with Crippen LogP contribution >= 0.6 is 34.9 Å². The molecule has 2 aliphatic heterocycles. The Labute approximate surface area is 315 Å². The van der Waals surface area contributed by atoms with E-state index in [1.54, 1.807) is 11.8 Å². The lowest BCUT2D eigenvalue weighted by Crippen LogP contribution is -2.43. The van der Waals surface area contributed by atoms with Crippen molar-refractivity contribution in [3.63, 3.8) is 0 Å². The molecular formula is C44H46N3OS3+. The number of allylic oxidation sites excluding steroid dienone is 6. The smallest absolute Gasteiger partial charge is 0.262 e. The molecule has 1 atom stereocenters. The van der Waals surface area contributed by atoms with Crippen LogP contribution in [-0.4, -0.2) is 18.1 Å². The fourth-order valence-corrected chi connectivity index (χ4v) is 10.4. The van der Waals surface area contributed by atoms with Gasteiger partial charge in [0.15, 0.2) is 6.54 Å². The van der Waals surface area contributed by atoms with Crippen LogP contribution in [0.1, 0.15) is 50.5 Å². The topological polar surface area (TPSA) is 19.6 Å². The van der Waals surface area contributed by atoms with Crippen molar-refractivity contribution in [1.29, 1.82) is 0 Å². The van der Waals surface area contributed by atoms with E-state index in [1.165, 1.54) is 52.6 Å². The Morgan fingerprint density at radius 2 is 1.53 bits per heavy atom. The number of benzene rings is 3. The normalized spacial score (nSPS) is 20.1. The highest BCUT2D eigenvalue weighted by atomic mass is 32.2. The van der Waals surface area contributed by atoms with Gasteiger partial charge in [-0.2, -0.15) is 4.57 Å². The zero-order valence-electron chi connectivity index (χ0n) is 29.4. The number of para-hydroxylation sites is 3. The fraction of sp³-hybridized carbons (Fsp3) is 0.250. The summed E-state index contributed by atoms with van der Waals surface area (Å²) in [6, 6.07) is 26.1. The molecule has 0 saturated carbocycles. The van der Waals surface area contributed by atoms with Crippen LogP contribution in [0.3, 0.4) is 0 Å². The number of fused-ring (bicyclic) bond motifs is 3. The lowest BCUT2D eigenvalue weighted by molar-refractivity contribution is -0.667. The largest absolute Gasteiger partial charge is 0.458 e. The zero-order chi connectivity index (χ0) is 35.2. The Bertz CT molecular complexity index is 2070. The Balaban J connectivity index is 1.31. The van der Waals surface area contributed by atoms with Gasteiger partial charge in [-0.25, -0.2) is 0 Å². The number of nitrogens with zero attached hydrogens (tertiary/aromatic N) is 3. The number of thioether (sulfide) groups is 2. The van der Waals surface area contributed by atoms with Crippen molar-refractivity contribution in [3.05, 3.63) is 156 Å². The molecule has 4 nitrogen and oxygen atoms in total. The second kappa shape index (κ2) is 16.0. The van der Waals surface area contributed by atoms with Crippen molar-refractivity contribution in [2.45, 2.75) is 66.8 Å². The Hall–Kier alpha value is -4.17. The molecule has 1 aromatic heterocycles. The predicted molar refractivity (Wildman–Crippen MR) is 221 cm³/mol. The van der Waals surface area contributed by atoms with Gasteiger partial charge in [0.1, 0.15) is 10.5 Å². The number of hydrogen-bond donors (Lipinski definition) is 0. The van der Waals surface area contributed by atoms with Gasteiger partial charge in [-0.1, -0.05) is 95.6 Å². The number of ether oxygens (including phenoxy) is 1. The highest BCUT2D eigenvalue weighted by Gasteiger charge is 2.44. The minimum Gasteiger partial charge on any atom is -0.458 e. The molecule has 1 unspecified atom stereocenters. The number of hydrogen-bond acceptors (Lipinski definition) is 6. The molecule has 260 valence electrons. The zero-order valence-corrected chi connectivity index (χ0v) is 31.9. The van der Waals surface area contributed by atoms with Crippen molar-refractivity contribution >= 4 is 62.5 Å². The van der Waals surface area contributed by atoms with Crippen molar-refractivity contribution in [2.24, 2.45) is 0 Å². The van der Waals surface area contributed by atoms with Gasteiger partial charge >= 0.3 is 0 Å². The summed E-state index contributed by atoms with van der Waals surface area (Å²) >= 11 is 5.49. The summed E-state index contributed by atoms with van der Waals surface area (Å²) in [5.74, 6) is 0.998. The second-order valence-corrected chi connectivity index (χ2v) is 16.5. The van der Waals surface area contributed by atoms with Crippen LogP contribution in [0.2, 0.25) is 0 Å². The molecule has 7 rings (SSSR count). The molecule has 0 amide bonds. The van der Waals surface area contributed by atoms with Crippen molar-refractivity contribution < 1.29 is 9.30 Å². The first-order chi connectivity index (χ1) is 25.0. The maximum atomic E-state index is 7.40. The molecule has 3 heterocycles. The minimum atomic E-state index is -0.611. The Morgan fingerprint density at radius 3 is 2.35 bits per heavy atom. The molecule has 51 heavy (non-hydrogen) atoms. The standard InChI is InChI=1S/C44H46N3OS3/c1-5-8-30-45-35-20-11-14-23-38(35)49-41(45)28-26-33-18-17-19-34(27-29-42-46(31-9-6-2)36-21-12-15-24-39(36)50-42)43(33)48-44(4)47(32-10-7-3)37-22-13-16-25-40(37)51-44/h5-7,11-16,20-29H,1-3,8-10,17-19,30-32H2,4H3/q+1. The molecule has 7 heteroatoms. The Kier molecular flexibility index (Phi) is 11.1.